The van der Waals surface area contributed by atoms with E-state index in [4.69, 9.17) is 0 Å². The van der Waals surface area contributed by atoms with Crippen LogP contribution >= 0.6 is 0 Å². The molecule has 3 aromatic rings. The summed E-state index contributed by atoms with van der Waals surface area (Å²) in [5, 5.41) is 13.0. The van der Waals surface area contributed by atoms with Crippen LogP contribution in [0.3, 0.4) is 0 Å². The average Bonchev–Trinajstić information content (AvgIpc) is 3.34. The quantitative estimate of drug-likeness (QED) is 0.431. The number of hydrogen-bond donors (Lipinski definition) is 0. The second-order valence-corrected chi connectivity index (χ2v) is 9.49. The Morgan fingerprint density at radius 3 is 2.74 bits per heavy atom. The number of nitrogens with zero attached hydrogens (tertiary/aromatic N) is 5. The Kier molecular flexibility index (Phi) is 4.33. The predicted octanol–water partition coefficient (Wildman–Crippen LogP) is 5.23. The lowest BCUT2D eigenvalue weighted by molar-refractivity contribution is -0.388. The van der Waals surface area contributed by atoms with Crippen molar-refractivity contribution in [3.8, 4) is 0 Å². The zero-order chi connectivity index (χ0) is 21.1. The van der Waals surface area contributed by atoms with E-state index in [2.05, 4.69) is 32.7 Å². The maximum atomic E-state index is 11.6. The first-order chi connectivity index (χ1) is 15.1. The Morgan fingerprint density at radius 2 is 1.94 bits per heavy atom. The third kappa shape index (κ3) is 2.82. The van der Waals surface area contributed by atoms with Crippen LogP contribution in [0.25, 0.3) is 10.9 Å². The van der Waals surface area contributed by atoms with Crippen molar-refractivity contribution >= 4 is 22.5 Å². The van der Waals surface area contributed by atoms with Gasteiger partial charge in [0.1, 0.15) is 0 Å². The van der Waals surface area contributed by atoms with Gasteiger partial charge in [-0.15, -0.1) is 0 Å². The first-order valence-corrected chi connectivity index (χ1v) is 11.7. The molecule has 0 bridgehead atoms. The molecule has 0 amide bonds. The van der Waals surface area contributed by atoms with E-state index in [-0.39, 0.29) is 16.8 Å². The van der Waals surface area contributed by atoms with Gasteiger partial charge in [-0.2, -0.15) is 0 Å². The van der Waals surface area contributed by atoms with E-state index in [0.29, 0.717) is 11.7 Å². The van der Waals surface area contributed by atoms with Crippen LogP contribution in [0, 0.1) is 10.1 Å². The van der Waals surface area contributed by atoms with Crippen molar-refractivity contribution in [2.75, 3.05) is 11.4 Å². The molecule has 1 atom stereocenters. The molecule has 2 aliphatic carbocycles. The maximum absolute atomic E-state index is 11.6. The van der Waals surface area contributed by atoms with Gasteiger partial charge >= 0.3 is 5.82 Å². The fourth-order valence-electron chi connectivity index (χ4n) is 6.44. The first kappa shape index (κ1) is 18.9. The number of imidazole rings is 1. The van der Waals surface area contributed by atoms with Crippen molar-refractivity contribution in [2.24, 2.45) is 7.05 Å². The maximum Gasteiger partial charge on any atom is 0.406 e. The SMILES string of the molecule is Cn1cnc([N+](=O)[O-])c1N1CCn2c3c(c4cc(C5CCCCC5)ccc42)CCCC31. The van der Waals surface area contributed by atoms with Gasteiger partial charge in [-0.05, 0) is 71.2 Å². The lowest BCUT2D eigenvalue weighted by Crippen LogP contribution is -2.41. The number of rotatable bonds is 3. The molecule has 7 heteroatoms. The summed E-state index contributed by atoms with van der Waals surface area (Å²) in [7, 11) is 1.86. The Labute approximate surface area is 181 Å². The molecule has 31 heavy (non-hydrogen) atoms. The Hall–Kier alpha value is -2.83. The first-order valence-electron chi connectivity index (χ1n) is 11.7. The summed E-state index contributed by atoms with van der Waals surface area (Å²) in [5.74, 6) is 1.32. The van der Waals surface area contributed by atoms with E-state index < -0.39 is 0 Å². The van der Waals surface area contributed by atoms with Gasteiger partial charge in [-0.25, -0.2) is 0 Å². The molecule has 1 saturated carbocycles. The third-order valence-corrected chi connectivity index (χ3v) is 7.81. The molecule has 1 aliphatic heterocycles. The van der Waals surface area contributed by atoms with Crippen LogP contribution in [0.5, 0.6) is 0 Å². The molecule has 7 nitrogen and oxygen atoms in total. The number of hydrogen-bond acceptors (Lipinski definition) is 4. The number of benzene rings is 1. The van der Waals surface area contributed by atoms with Crippen LogP contribution in [0.2, 0.25) is 0 Å². The van der Waals surface area contributed by atoms with Crippen molar-refractivity contribution in [1.82, 2.24) is 14.1 Å². The average molecular weight is 420 g/mol. The summed E-state index contributed by atoms with van der Waals surface area (Å²) in [5.41, 5.74) is 5.70. The highest BCUT2D eigenvalue weighted by molar-refractivity contribution is 5.87. The Bertz CT molecular complexity index is 1170. The normalized spacial score (nSPS) is 21.5. The highest BCUT2D eigenvalue weighted by atomic mass is 16.6. The number of anilines is 1. The summed E-state index contributed by atoms with van der Waals surface area (Å²) < 4.78 is 4.31. The summed E-state index contributed by atoms with van der Waals surface area (Å²) in [6, 6.07) is 7.36. The summed E-state index contributed by atoms with van der Waals surface area (Å²) >= 11 is 0. The molecule has 2 aromatic heterocycles. The third-order valence-electron chi connectivity index (χ3n) is 7.81. The van der Waals surface area contributed by atoms with E-state index in [0.717, 1.165) is 32.4 Å². The van der Waals surface area contributed by atoms with Gasteiger partial charge in [0.2, 0.25) is 12.1 Å². The highest BCUT2D eigenvalue weighted by Crippen LogP contribution is 2.46. The van der Waals surface area contributed by atoms with Crippen LogP contribution in [-0.2, 0) is 20.0 Å². The van der Waals surface area contributed by atoms with E-state index in [1.165, 1.54) is 59.8 Å². The van der Waals surface area contributed by atoms with Gasteiger partial charge < -0.3 is 19.6 Å². The van der Waals surface area contributed by atoms with Crippen molar-refractivity contribution in [3.63, 3.8) is 0 Å². The number of fused-ring (bicyclic) bond motifs is 3. The van der Waals surface area contributed by atoms with Gasteiger partial charge in [0.15, 0.2) is 0 Å². The smallest absolute Gasteiger partial charge is 0.358 e. The highest BCUT2D eigenvalue weighted by Gasteiger charge is 2.39. The minimum absolute atomic E-state index is 0.0289. The van der Waals surface area contributed by atoms with Gasteiger partial charge in [-0.1, -0.05) is 25.3 Å². The van der Waals surface area contributed by atoms with Crippen molar-refractivity contribution in [2.45, 2.75) is 69.9 Å². The Balaban J connectivity index is 1.46. The summed E-state index contributed by atoms with van der Waals surface area (Å²) in [6.45, 7) is 1.62. The van der Waals surface area contributed by atoms with Gasteiger partial charge in [0, 0.05) is 36.7 Å². The summed E-state index contributed by atoms with van der Waals surface area (Å²) in [4.78, 5) is 17.6. The molecule has 0 radical (unpaired) electrons. The predicted molar refractivity (Wildman–Crippen MR) is 121 cm³/mol. The second-order valence-electron chi connectivity index (χ2n) is 9.49. The van der Waals surface area contributed by atoms with Gasteiger partial charge in [-0.3, -0.25) is 4.57 Å². The molecular formula is C24H29N5O2. The summed E-state index contributed by atoms with van der Waals surface area (Å²) in [6.07, 6.45) is 11.5. The molecule has 0 N–H and O–H groups in total. The Morgan fingerprint density at radius 1 is 1.10 bits per heavy atom. The largest absolute Gasteiger partial charge is 0.406 e. The molecule has 162 valence electrons. The number of aryl methyl sites for hydroxylation is 2. The molecule has 3 aliphatic rings. The van der Waals surface area contributed by atoms with E-state index in [1.807, 2.05) is 11.6 Å². The molecular weight excluding hydrogens is 390 g/mol. The fourth-order valence-corrected chi connectivity index (χ4v) is 6.44. The zero-order valence-electron chi connectivity index (χ0n) is 18.1. The fraction of sp³-hybridized carbons (Fsp3) is 0.542. The van der Waals surface area contributed by atoms with Crippen LogP contribution in [0.4, 0.5) is 11.6 Å². The minimum atomic E-state index is -0.348. The van der Waals surface area contributed by atoms with E-state index >= 15 is 0 Å². The lowest BCUT2D eigenvalue weighted by Gasteiger charge is -2.40. The van der Waals surface area contributed by atoms with Crippen LogP contribution in [0.15, 0.2) is 24.5 Å². The molecule has 1 fully saturated rings. The molecule has 0 spiro atoms. The van der Waals surface area contributed by atoms with Crippen LogP contribution in [-0.4, -0.2) is 25.6 Å². The van der Waals surface area contributed by atoms with Crippen molar-refractivity contribution < 1.29 is 4.92 Å². The number of aromatic nitrogens is 3. The van der Waals surface area contributed by atoms with Crippen LogP contribution in [0.1, 0.15) is 73.7 Å². The van der Waals surface area contributed by atoms with Crippen molar-refractivity contribution in [1.29, 1.82) is 0 Å². The molecule has 3 heterocycles. The van der Waals surface area contributed by atoms with E-state index in [9.17, 15) is 10.1 Å². The zero-order valence-corrected chi connectivity index (χ0v) is 18.1. The molecule has 6 rings (SSSR count). The molecule has 0 saturated heterocycles. The lowest BCUT2D eigenvalue weighted by atomic mass is 9.83. The van der Waals surface area contributed by atoms with Gasteiger partial charge in [0.25, 0.3) is 0 Å². The monoisotopic (exact) mass is 419 g/mol. The minimum Gasteiger partial charge on any atom is -0.358 e. The standard InChI is InChI=1S/C24H29N5O2/c1-26-15-25-23(29(30)31)24(26)28-13-12-27-20-11-10-17(16-6-3-2-4-7-16)14-19(20)18-8-5-9-21(28)22(18)27/h10-11,14-16,21H,2-9,12-13H2,1H3. The van der Waals surface area contributed by atoms with Gasteiger partial charge in [0.05, 0.1) is 6.04 Å². The second kappa shape index (κ2) is 7.11. The topological polar surface area (TPSA) is 69.1 Å². The van der Waals surface area contributed by atoms with E-state index in [1.54, 1.807) is 6.33 Å². The van der Waals surface area contributed by atoms with Crippen LogP contribution < -0.4 is 4.90 Å². The number of nitro groups is 1. The molecule has 1 aromatic carbocycles. The molecule has 1 unspecified atom stereocenters. The van der Waals surface area contributed by atoms with Crippen molar-refractivity contribution in [3.05, 3.63) is 51.5 Å².